The molecular weight excluding hydrogens is 427 g/mol. The SMILES string of the molecule is C[Si](C)(C)C1=CC[C]([Ti+3])=C1Cc1ccc([Si](C)(C)C)cc1.[Cl-].[Cl-].[Cl-]. The van der Waals surface area contributed by atoms with E-state index < -0.39 is 16.1 Å². The number of rotatable bonds is 4. The molecule has 0 N–H and O–H groups in total. The topological polar surface area (TPSA) is 0 Å². The van der Waals surface area contributed by atoms with Gasteiger partial charge in [0.05, 0.1) is 0 Å². The smallest absolute Gasteiger partial charge is 1.00 e. The van der Waals surface area contributed by atoms with Gasteiger partial charge in [-0.1, -0.05) is 0 Å². The minimum atomic E-state index is -1.21. The molecule has 1 aromatic carbocycles. The van der Waals surface area contributed by atoms with Gasteiger partial charge in [-0.3, -0.25) is 0 Å². The van der Waals surface area contributed by atoms with Gasteiger partial charge in [0, 0.05) is 0 Å². The summed E-state index contributed by atoms with van der Waals surface area (Å²) in [4.78, 5) is 0. The molecule has 132 valence electrons. The van der Waals surface area contributed by atoms with Crippen LogP contribution in [0.25, 0.3) is 0 Å². The van der Waals surface area contributed by atoms with Gasteiger partial charge >= 0.3 is 144 Å². The van der Waals surface area contributed by atoms with E-state index in [-0.39, 0.29) is 37.2 Å². The first kappa shape index (κ1) is 26.9. The number of benzene rings is 1. The van der Waals surface area contributed by atoms with Crippen LogP contribution in [0.4, 0.5) is 0 Å². The Bertz CT molecular complexity index is 594. The average molecular weight is 454 g/mol. The van der Waals surface area contributed by atoms with Crippen molar-refractivity contribution in [3.63, 3.8) is 0 Å². The Morgan fingerprint density at radius 3 is 1.75 bits per heavy atom. The first-order valence-corrected chi connectivity index (χ1v) is 15.6. The predicted octanol–water partition coefficient (Wildman–Crippen LogP) is -4.21. The first-order valence-electron chi connectivity index (χ1n) is 7.83. The molecule has 1 aliphatic rings. The number of allylic oxidation sites excluding steroid dienone is 4. The summed E-state index contributed by atoms with van der Waals surface area (Å²) in [6, 6.07) is 9.44. The van der Waals surface area contributed by atoms with Gasteiger partial charge in [0.1, 0.15) is 0 Å². The van der Waals surface area contributed by atoms with Crippen LogP contribution in [0.5, 0.6) is 0 Å². The summed E-state index contributed by atoms with van der Waals surface area (Å²) in [5, 5.41) is 3.25. The second-order valence-corrected chi connectivity index (χ2v) is 19.2. The molecule has 0 atom stereocenters. The van der Waals surface area contributed by atoms with Crippen LogP contribution < -0.4 is 42.4 Å². The summed E-state index contributed by atoms with van der Waals surface area (Å²) in [7, 11) is -2.39. The van der Waals surface area contributed by atoms with Crippen molar-refractivity contribution in [1.29, 1.82) is 0 Å². The Hall–Kier alpha value is 0.718. The maximum absolute atomic E-state index is 2.49. The number of hydrogen-bond acceptors (Lipinski definition) is 0. The third kappa shape index (κ3) is 6.79. The summed E-state index contributed by atoms with van der Waals surface area (Å²) in [6.07, 6.45) is 4.78. The molecule has 0 saturated heterocycles. The molecule has 2 rings (SSSR count). The third-order valence-electron chi connectivity index (χ3n) is 4.21. The fourth-order valence-corrected chi connectivity index (χ4v) is 6.63. The van der Waals surface area contributed by atoms with Crippen LogP contribution >= 0.6 is 0 Å². The van der Waals surface area contributed by atoms with Gasteiger partial charge in [0.15, 0.2) is 0 Å². The van der Waals surface area contributed by atoms with E-state index in [2.05, 4.69) is 90.1 Å². The Morgan fingerprint density at radius 1 is 0.833 bits per heavy atom. The summed E-state index contributed by atoms with van der Waals surface area (Å²) in [5.41, 5.74) is 3.10. The minimum absolute atomic E-state index is 0. The molecule has 24 heavy (non-hydrogen) atoms. The van der Waals surface area contributed by atoms with Crippen molar-refractivity contribution in [2.75, 3.05) is 0 Å². The van der Waals surface area contributed by atoms with Crippen LogP contribution in [-0.2, 0) is 26.9 Å². The van der Waals surface area contributed by atoms with Gasteiger partial charge in [0.25, 0.3) is 0 Å². The zero-order chi connectivity index (χ0) is 15.8. The third-order valence-corrected chi connectivity index (χ3v) is 9.19. The molecule has 0 radical (unpaired) electrons. The molecule has 6 heteroatoms. The molecule has 0 nitrogen and oxygen atoms in total. The van der Waals surface area contributed by atoms with Crippen molar-refractivity contribution in [1.82, 2.24) is 0 Å². The van der Waals surface area contributed by atoms with E-state index in [9.17, 15) is 0 Å². The maximum atomic E-state index is 2.49. The van der Waals surface area contributed by atoms with E-state index in [1.807, 2.05) is 0 Å². The van der Waals surface area contributed by atoms with E-state index >= 15 is 0 Å². The monoisotopic (exact) mass is 452 g/mol. The molecule has 0 heterocycles. The fraction of sp³-hybridized carbons (Fsp3) is 0.444. The zero-order valence-electron chi connectivity index (χ0n) is 15.4. The molecular formula is C18H27Cl3Si2Ti. The molecule has 1 aliphatic carbocycles. The van der Waals surface area contributed by atoms with E-state index in [1.54, 1.807) is 19.8 Å². The van der Waals surface area contributed by atoms with E-state index in [0.29, 0.717) is 0 Å². The van der Waals surface area contributed by atoms with Crippen molar-refractivity contribution in [3.05, 3.63) is 50.6 Å². The van der Waals surface area contributed by atoms with Crippen molar-refractivity contribution >= 4 is 21.3 Å². The Morgan fingerprint density at radius 2 is 1.33 bits per heavy atom. The number of halogens is 3. The molecule has 0 amide bonds. The minimum Gasteiger partial charge on any atom is -1.00 e. The van der Waals surface area contributed by atoms with Gasteiger partial charge in [0.2, 0.25) is 0 Å². The van der Waals surface area contributed by atoms with E-state index in [1.165, 1.54) is 12.0 Å². The van der Waals surface area contributed by atoms with Crippen LogP contribution in [0.3, 0.4) is 0 Å². The summed E-state index contributed by atoms with van der Waals surface area (Å²) in [6.45, 7) is 14.6. The van der Waals surface area contributed by atoms with Crippen LogP contribution in [0.15, 0.2) is 45.0 Å². The zero-order valence-corrected chi connectivity index (χ0v) is 21.3. The maximum Gasteiger partial charge on any atom is -1.00 e. The average Bonchev–Trinajstić information content (AvgIpc) is 2.70. The van der Waals surface area contributed by atoms with Crippen molar-refractivity contribution in [3.8, 4) is 0 Å². The molecule has 0 aliphatic heterocycles. The van der Waals surface area contributed by atoms with Crippen LogP contribution in [0.1, 0.15) is 12.0 Å². The summed E-state index contributed by atoms with van der Waals surface area (Å²) >= 11 is 2.31. The predicted molar refractivity (Wildman–Crippen MR) is 96.2 cm³/mol. The van der Waals surface area contributed by atoms with Gasteiger partial charge in [-0.25, -0.2) is 0 Å². The van der Waals surface area contributed by atoms with Gasteiger partial charge in [-0.05, 0) is 0 Å². The standard InChI is InChI=1S/C18H27Si2.3ClH.Ti/c1-19(2,3)17-12-10-15(11-13-17)14-16-8-7-9-18(16)20(4,5)6;;;;/h9-13H,7,14H2,1-6H3;3*1H;/q;;;;+3/p-3. The summed E-state index contributed by atoms with van der Waals surface area (Å²) < 4.78 is 1.58. The van der Waals surface area contributed by atoms with Crippen molar-refractivity contribution in [2.24, 2.45) is 0 Å². The van der Waals surface area contributed by atoms with Gasteiger partial charge < -0.3 is 37.2 Å². The molecule has 0 bridgehead atoms. The fourth-order valence-electron chi connectivity index (χ4n) is 2.90. The van der Waals surface area contributed by atoms with E-state index in [4.69, 9.17) is 0 Å². The van der Waals surface area contributed by atoms with E-state index in [0.717, 1.165) is 6.42 Å². The van der Waals surface area contributed by atoms with Crippen molar-refractivity contribution < 1.29 is 57.7 Å². The van der Waals surface area contributed by atoms with Crippen LogP contribution in [0.2, 0.25) is 39.3 Å². The molecule has 0 spiro atoms. The Kier molecular flexibility index (Phi) is 11.4. The molecule has 0 saturated carbocycles. The molecule has 0 fully saturated rings. The van der Waals surface area contributed by atoms with Gasteiger partial charge in [-0.15, -0.1) is 0 Å². The quantitative estimate of drug-likeness (QED) is 0.406. The second kappa shape index (κ2) is 10.2. The number of hydrogen-bond donors (Lipinski definition) is 0. The largest absolute Gasteiger partial charge is 1.00 e. The Labute approximate surface area is 180 Å². The second-order valence-electron chi connectivity index (χ2n) is 8.15. The van der Waals surface area contributed by atoms with Crippen LogP contribution in [0, 0.1) is 0 Å². The molecule has 0 unspecified atom stereocenters. The normalized spacial score (nSPS) is 14.4. The van der Waals surface area contributed by atoms with Crippen molar-refractivity contribution in [2.45, 2.75) is 52.1 Å². The van der Waals surface area contributed by atoms with Gasteiger partial charge in [-0.2, -0.15) is 0 Å². The first-order chi connectivity index (χ1) is 9.59. The molecule has 1 aromatic rings. The Balaban J connectivity index is 0. The van der Waals surface area contributed by atoms with Crippen LogP contribution in [-0.4, -0.2) is 16.1 Å². The molecule has 0 aromatic heterocycles. The summed E-state index contributed by atoms with van der Waals surface area (Å²) in [5.74, 6) is 0.